The molecule has 7 nitrogen and oxygen atoms in total. The first-order chi connectivity index (χ1) is 10.1. The van der Waals surface area contributed by atoms with Crippen LogP contribution in [0.15, 0.2) is 15.8 Å². The predicted octanol–water partition coefficient (Wildman–Crippen LogP) is -0.238. The molecular formula is C14H20N4O3. The number of rotatable bonds is 2. The molecule has 0 radical (unpaired) electrons. The number of hydrogen-bond acceptors (Lipinski definition) is 4. The van der Waals surface area contributed by atoms with E-state index in [9.17, 15) is 14.4 Å². The second-order valence-corrected chi connectivity index (χ2v) is 5.93. The lowest BCUT2D eigenvalue weighted by molar-refractivity contribution is 0.00200. The molecule has 21 heavy (non-hydrogen) atoms. The van der Waals surface area contributed by atoms with Crippen LogP contribution in [0.3, 0.4) is 0 Å². The molecule has 2 fully saturated rings. The molecule has 1 aromatic rings. The number of hydrogen-bond donors (Lipinski definition) is 2. The highest BCUT2D eigenvalue weighted by Crippen LogP contribution is 2.24. The lowest BCUT2D eigenvalue weighted by Gasteiger charge is -2.49. The first-order valence-corrected chi connectivity index (χ1v) is 7.43. The van der Waals surface area contributed by atoms with Crippen LogP contribution in [0.25, 0.3) is 0 Å². The Labute approximate surface area is 122 Å². The molecule has 0 spiro atoms. The van der Waals surface area contributed by atoms with Gasteiger partial charge in [-0.1, -0.05) is 6.42 Å². The van der Waals surface area contributed by atoms with E-state index in [4.69, 9.17) is 0 Å². The van der Waals surface area contributed by atoms with Crippen LogP contribution in [0.5, 0.6) is 0 Å². The van der Waals surface area contributed by atoms with Crippen LogP contribution in [-0.2, 0) is 0 Å². The zero-order valence-electron chi connectivity index (χ0n) is 12.1. The second-order valence-electron chi connectivity index (χ2n) is 5.93. The maximum atomic E-state index is 12.2. The largest absolute Gasteiger partial charge is 0.335 e. The summed E-state index contributed by atoms with van der Waals surface area (Å²) in [6.07, 6.45) is 4.90. The van der Waals surface area contributed by atoms with Crippen molar-refractivity contribution in [2.75, 3.05) is 19.6 Å². The Bertz CT molecular complexity index is 644. The van der Waals surface area contributed by atoms with Crippen molar-refractivity contribution in [3.8, 4) is 0 Å². The van der Waals surface area contributed by atoms with E-state index in [2.05, 4.69) is 21.8 Å². The van der Waals surface area contributed by atoms with Gasteiger partial charge in [0.25, 0.3) is 11.5 Å². The van der Waals surface area contributed by atoms with Crippen molar-refractivity contribution in [1.29, 1.82) is 0 Å². The van der Waals surface area contributed by atoms with Crippen molar-refractivity contribution in [2.45, 2.75) is 38.3 Å². The minimum absolute atomic E-state index is 0.000238. The van der Waals surface area contributed by atoms with E-state index < -0.39 is 11.2 Å². The van der Waals surface area contributed by atoms with Crippen LogP contribution in [0.2, 0.25) is 0 Å². The Morgan fingerprint density at radius 2 is 2.05 bits per heavy atom. The molecule has 2 aliphatic heterocycles. The maximum absolute atomic E-state index is 12.2. The lowest BCUT2D eigenvalue weighted by Crippen LogP contribution is -2.63. The van der Waals surface area contributed by atoms with Gasteiger partial charge in [-0.25, -0.2) is 4.79 Å². The first kappa shape index (κ1) is 14.1. The van der Waals surface area contributed by atoms with Crippen LogP contribution in [-0.4, -0.2) is 57.4 Å². The van der Waals surface area contributed by atoms with Crippen LogP contribution < -0.4 is 11.2 Å². The van der Waals surface area contributed by atoms with E-state index in [0.717, 1.165) is 6.54 Å². The van der Waals surface area contributed by atoms with E-state index in [1.807, 2.05) is 0 Å². The molecule has 7 heteroatoms. The number of carbonyl (C=O) groups excluding carboxylic acids is 1. The Kier molecular flexibility index (Phi) is 3.67. The second kappa shape index (κ2) is 5.48. The normalized spacial score (nSPS) is 23.9. The van der Waals surface area contributed by atoms with Crippen LogP contribution in [0.1, 0.15) is 36.5 Å². The molecule has 0 bridgehead atoms. The smallest absolute Gasteiger partial charge is 0.325 e. The predicted molar refractivity (Wildman–Crippen MR) is 77.4 cm³/mol. The number of aromatic nitrogens is 2. The molecule has 3 heterocycles. The van der Waals surface area contributed by atoms with E-state index in [1.165, 1.54) is 25.5 Å². The van der Waals surface area contributed by atoms with E-state index in [1.54, 1.807) is 4.90 Å². The molecule has 0 saturated carbocycles. The van der Waals surface area contributed by atoms with Gasteiger partial charge in [-0.15, -0.1) is 0 Å². The molecule has 0 aliphatic carbocycles. The van der Waals surface area contributed by atoms with Crippen LogP contribution in [0, 0.1) is 0 Å². The van der Waals surface area contributed by atoms with Gasteiger partial charge in [-0.3, -0.25) is 19.5 Å². The van der Waals surface area contributed by atoms with E-state index in [-0.39, 0.29) is 11.5 Å². The van der Waals surface area contributed by atoms with Crippen molar-refractivity contribution in [1.82, 2.24) is 19.8 Å². The average Bonchev–Trinajstić information content (AvgIpc) is 2.39. The van der Waals surface area contributed by atoms with Gasteiger partial charge in [0.05, 0.1) is 0 Å². The highest BCUT2D eigenvalue weighted by molar-refractivity contribution is 5.94. The zero-order valence-corrected chi connectivity index (χ0v) is 12.1. The number of H-pyrrole nitrogens is 2. The minimum Gasteiger partial charge on any atom is -0.335 e. The fraction of sp³-hybridized carbons (Fsp3) is 0.643. The molecular weight excluding hydrogens is 272 g/mol. The summed E-state index contributed by atoms with van der Waals surface area (Å²) in [4.78, 5) is 43.4. The van der Waals surface area contributed by atoms with E-state index >= 15 is 0 Å². The molecule has 1 amide bonds. The highest BCUT2D eigenvalue weighted by atomic mass is 16.2. The number of nitrogens with zero attached hydrogens (tertiary/aromatic N) is 2. The molecule has 1 atom stereocenters. The van der Waals surface area contributed by atoms with Crippen molar-refractivity contribution in [2.24, 2.45) is 0 Å². The number of piperidine rings is 1. The number of likely N-dealkylation sites (tertiary alicyclic amines) is 2. The third kappa shape index (κ3) is 2.65. The Morgan fingerprint density at radius 3 is 2.71 bits per heavy atom. The number of carbonyl (C=O) groups is 1. The summed E-state index contributed by atoms with van der Waals surface area (Å²) in [5.74, 6) is -0.312. The average molecular weight is 292 g/mol. The minimum atomic E-state index is -0.626. The lowest BCUT2D eigenvalue weighted by atomic mass is 9.97. The van der Waals surface area contributed by atoms with Crippen molar-refractivity contribution in [3.63, 3.8) is 0 Å². The molecule has 0 aromatic carbocycles. The molecule has 2 N–H and O–H groups in total. The van der Waals surface area contributed by atoms with Crippen LogP contribution in [0.4, 0.5) is 0 Å². The van der Waals surface area contributed by atoms with Crippen molar-refractivity contribution in [3.05, 3.63) is 32.6 Å². The SMILES string of the molecule is CC1CCCCN1C1CN(C(=O)c2c[nH]c(=O)[nH]c2=O)C1. The molecule has 1 aromatic heterocycles. The Balaban J connectivity index is 1.64. The van der Waals surface area contributed by atoms with Gasteiger partial charge in [-0.05, 0) is 26.3 Å². The van der Waals surface area contributed by atoms with Gasteiger partial charge in [0.1, 0.15) is 5.56 Å². The molecule has 2 aliphatic rings. The third-order valence-electron chi connectivity index (χ3n) is 4.52. The Morgan fingerprint density at radius 1 is 1.29 bits per heavy atom. The van der Waals surface area contributed by atoms with Crippen molar-refractivity contribution >= 4 is 5.91 Å². The summed E-state index contributed by atoms with van der Waals surface area (Å²) in [7, 11) is 0. The number of nitrogens with one attached hydrogen (secondary N) is 2. The summed E-state index contributed by atoms with van der Waals surface area (Å²) in [5.41, 5.74) is -1.22. The van der Waals surface area contributed by atoms with Gasteiger partial charge in [0.15, 0.2) is 0 Å². The summed E-state index contributed by atoms with van der Waals surface area (Å²) in [6, 6.07) is 0.962. The van der Waals surface area contributed by atoms with Crippen LogP contribution >= 0.6 is 0 Å². The highest BCUT2D eigenvalue weighted by Gasteiger charge is 2.38. The zero-order chi connectivity index (χ0) is 15.0. The van der Waals surface area contributed by atoms with Gasteiger partial charge >= 0.3 is 5.69 Å². The quantitative estimate of drug-likeness (QED) is 0.787. The summed E-state index contributed by atoms with van der Waals surface area (Å²) in [6.45, 7) is 4.63. The van der Waals surface area contributed by atoms with Gasteiger partial charge in [0, 0.05) is 31.4 Å². The number of amides is 1. The van der Waals surface area contributed by atoms with Crippen molar-refractivity contribution < 1.29 is 4.79 Å². The fourth-order valence-electron chi connectivity index (χ4n) is 3.23. The van der Waals surface area contributed by atoms with E-state index in [0.29, 0.717) is 25.2 Å². The monoisotopic (exact) mass is 292 g/mol. The Hall–Kier alpha value is -1.89. The number of aromatic amines is 2. The molecule has 2 saturated heterocycles. The molecule has 114 valence electrons. The van der Waals surface area contributed by atoms with Gasteiger partial charge in [-0.2, -0.15) is 0 Å². The molecule has 3 rings (SSSR count). The standard InChI is InChI=1S/C14H20N4O3/c1-9-4-2-3-5-18(9)10-7-17(8-10)13(20)11-6-15-14(21)16-12(11)19/h6,9-10H,2-5,7-8H2,1H3,(H2,15,16,19,21). The summed E-state index contributed by atoms with van der Waals surface area (Å²) >= 11 is 0. The van der Waals surface area contributed by atoms with Gasteiger partial charge in [0.2, 0.25) is 0 Å². The summed E-state index contributed by atoms with van der Waals surface area (Å²) in [5, 5.41) is 0. The third-order valence-corrected chi connectivity index (χ3v) is 4.52. The van der Waals surface area contributed by atoms with Gasteiger partial charge < -0.3 is 9.88 Å². The first-order valence-electron chi connectivity index (χ1n) is 7.43. The fourth-order valence-corrected chi connectivity index (χ4v) is 3.23. The maximum Gasteiger partial charge on any atom is 0.325 e. The molecule has 1 unspecified atom stereocenters. The topological polar surface area (TPSA) is 89.3 Å². The summed E-state index contributed by atoms with van der Waals surface area (Å²) < 4.78 is 0.